The summed E-state index contributed by atoms with van der Waals surface area (Å²) in [6.45, 7) is 7.69. The van der Waals surface area contributed by atoms with E-state index in [9.17, 15) is 0 Å². The van der Waals surface area contributed by atoms with Gasteiger partial charge >= 0.3 is 0 Å². The van der Waals surface area contributed by atoms with Gasteiger partial charge in [-0.3, -0.25) is 0 Å². The standard InChI is InChI=1S/C23H51N3/c1-2-3-4-5-6-7-8-9-10-11-12-13-14-15-20-25-21-16-17-22-26-23-18-19-24/h25-26H,2-24H2,1H3. The van der Waals surface area contributed by atoms with E-state index in [4.69, 9.17) is 5.73 Å². The molecule has 0 aliphatic heterocycles. The van der Waals surface area contributed by atoms with Crippen molar-refractivity contribution in [1.82, 2.24) is 10.6 Å². The zero-order chi connectivity index (χ0) is 19.0. The van der Waals surface area contributed by atoms with Crippen molar-refractivity contribution < 1.29 is 0 Å². The van der Waals surface area contributed by atoms with E-state index in [0.717, 1.165) is 26.1 Å². The van der Waals surface area contributed by atoms with Gasteiger partial charge in [0, 0.05) is 0 Å². The fourth-order valence-corrected chi connectivity index (χ4v) is 3.42. The summed E-state index contributed by atoms with van der Waals surface area (Å²) in [5, 5.41) is 7.02. The topological polar surface area (TPSA) is 50.1 Å². The molecule has 0 aromatic carbocycles. The molecule has 0 atom stereocenters. The molecule has 0 radical (unpaired) electrons. The fourth-order valence-electron chi connectivity index (χ4n) is 3.42. The summed E-state index contributed by atoms with van der Waals surface area (Å²) in [6.07, 6.45) is 23.8. The smallest absolute Gasteiger partial charge is 0.00369 e. The molecular formula is C23H51N3. The Bertz CT molecular complexity index is 209. The highest BCUT2D eigenvalue weighted by Gasteiger charge is 1.94. The molecule has 0 amide bonds. The summed E-state index contributed by atoms with van der Waals surface area (Å²) in [6, 6.07) is 0. The monoisotopic (exact) mass is 369 g/mol. The third kappa shape index (κ3) is 23.9. The van der Waals surface area contributed by atoms with Gasteiger partial charge in [-0.15, -0.1) is 0 Å². The van der Waals surface area contributed by atoms with Crippen LogP contribution in [0.3, 0.4) is 0 Å². The summed E-state index contributed by atoms with van der Waals surface area (Å²) in [5.41, 5.74) is 5.47. The SMILES string of the molecule is CCCCCCCCCCCCCCCCNCCCCNCCCN. The van der Waals surface area contributed by atoms with Crippen LogP contribution < -0.4 is 16.4 Å². The Morgan fingerprint density at radius 2 is 0.731 bits per heavy atom. The number of rotatable bonds is 23. The molecule has 0 aliphatic rings. The van der Waals surface area contributed by atoms with Gasteiger partial charge in [-0.05, 0) is 58.4 Å². The Morgan fingerprint density at radius 3 is 1.12 bits per heavy atom. The lowest BCUT2D eigenvalue weighted by molar-refractivity contribution is 0.525. The molecule has 3 heteroatoms. The van der Waals surface area contributed by atoms with Crippen molar-refractivity contribution in [3.05, 3.63) is 0 Å². The maximum atomic E-state index is 5.47. The molecule has 0 saturated carbocycles. The van der Waals surface area contributed by atoms with Crippen LogP contribution in [0, 0.1) is 0 Å². The first kappa shape index (κ1) is 25.9. The second-order valence-electron chi connectivity index (χ2n) is 7.95. The number of unbranched alkanes of at least 4 members (excludes halogenated alkanes) is 14. The highest BCUT2D eigenvalue weighted by molar-refractivity contribution is 4.54. The first-order valence-electron chi connectivity index (χ1n) is 12.0. The lowest BCUT2D eigenvalue weighted by Crippen LogP contribution is -2.21. The predicted molar refractivity (Wildman–Crippen MR) is 119 cm³/mol. The van der Waals surface area contributed by atoms with Crippen molar-refractivity contribution in [2.45, 2.75) is 116 Å². The van der Waals surface area contributed by atoms with Crippen LogP contribution >= 0.6 is 0 Å². The molecule has 0 saturated heterocycles. The first-order chi connectivity index (χ1) is 12.9. The Balaban J connectivity index is 2.95. The highest BCUT2D eigenvalue weighted by Crippen LogP contribution is 2.12. The molecule has 26 heavy (non-hydrogen) atoms. The van der Waals surface area contributed by atoms with Crippen molar-refractivity contribution >= 4 is 0 Å². The molecule has 0 aromatic heterocycles. The summed E-state index contributed by atoms with van der Waals surface area (Å²) >= 11 is 0. The molecule has 0 heterocycles. The summed E-state index contributed by atoms with van der Waals surface area (Å²) < 4.78 is 0. The highest BCUT2D eigenvalue weighted by atomic mass is 14.9. The number of nitrogens with one attached hydrogen (secondary N) is 2. The molecular weight excluding hydrogens is 318 g/mol. The van der Waals surface area contributed by atoms with Gasteiger partial charge < -0.3 is 16.4 Å². The number of hydrogen-bond acceptors (Lipinski definition) is 3. The zero-order valence-corrected chi connectivity index (χ0v) is 18.1. The zero-order valence-electron chi connectivity index (χ0n) is 18.1. The van der Waals surface area contributed by atoms with Gasteiger partial charge in [-0.25, -0.2) is 0 Å². The van der Waals surface area contributed by atoms with Crippen LogP contribution in [-0.2, 0) is 0 Å². The summed E-state index contributed by atoms with van der Waals surface area (Å²) in [7, 11) is 0. The molecule has 158 valence electrons. The minimum atomic E-state index is 0.799. The molecule has 0 fully saturated rings. The average Bonchev–Trinajstić information content (AvgIpc) is 2.66. The molecule has 0 rings (SSSR count). The Kier molecular flexibility index (Phi) is 24.8. The van der Waals surface area contributed by atoms with Gasteiger partial charge in [0.2, 0.25) is 0 Å². The largest absolute Gasteiger partial charge is 0.330 e. The molecule has 0 aliphatic carbocycles. The molecule has 0 unspecified atom stereocenters. The fraction of sp³-hybridized carbons (Fsp3) is 1.00. The Morgan fingerprint density at radius 1 is 0.423 bits per heavy atom. The maximum Gasteiger partial charge on any atom is -0.00369 e. The molecule has 0 bridgehead atoms. The van der Waals surface area contributed by atoms with E-state index in [2.05, 4.69) is 17.6 Å². The van der Waals surface area contributed by atoms with E-state index in [0.29, 0.717) is 0 Å². The molecule has 0 spiro atoms. The van der Waals surface area contributed by atoms with Crippen molar-refractivity contribution in [1.29, 1.82) is 0 Å². The van der Waals surface area contributed by atoms with Crippen molar-refractivity contribution in [3.63, 3.8) is 0 Å². The number of hydrogen-bond donors (Lipinski definition) is 3. The van der Waals surface area contributed by atoms with Gasteiger partial charge in [0.25, 0.3) is 0 Å². The lowest BCUT2D eigenvalue weighted by Gasteiger charge is -2.06. The second kappa shape index (κ2) is 24.9. The van der Waals surface area contributed by atoms with E-state index >= 15 is 0 Å². The minimum absolute atomic E-state index is 0.799. The van der Waals surface area contributed by atoms with Gasteiger partial charge in [-0.1, -0.05) is 90.4 Å². The molecule has 3 nitrogen and oxygen atoms in total. The normalized spacial score (nSPS) is 11.3. The van der Waals surface area contributed by atoms with Crippen LogP contribution in [0.1, 0.15) is 116 Å². The number of nitrogens with two attached hydrogens (primary N) is 1. The molecule has 4 N–H and O–H groups in total. The second-order valence-corrected chi connectivity index (χ2v) is 7.95. The van der Waals surface area contributed by atoms with Gasteiger partial charge in [-0.2, -0.15) is 0 Å². The van der Waals surface area contributed by atoms with Gasteiger partial charge in [0.1, 0.15) is 0 Å². The van der Waals surface area contributed by atoms with Crippen molar-refractivity contribution in [2.75, 3.05) is 32.7 Å². The van der Waals surface area contributed by atoms with E-state index in [1.807, 2.05) is 0 Å². The summed E-state index contributed by atoms with van der Waals surface area (Å²) in [5.74, 6) is 0. The van der Waals surface area contributed by atoms with E-state index in [1.165, 1.54) is 116 Å². The average molecular weight is 370 g/mol. The maximum absolute atomic E-state index is 5.47. The van der Waals surface area contributed by atoms with Crippen LogP contribution in [0.25, 0.3) is 0 Å². The lowest BCUT2D eigenvalue weighted by atomic mass is 10.0. The van der Waals surface area contributed by atoms with Crippen molar-refractivity contribution in [3.8, 4) is 0 Å². The predicted octanol–water partition coefficient (Wildman–Crippen LogP) is 5.78. The van der Waals surface area contributed by atoms with Crippen LogP contribution in [0.2, 0.25) is 0 Å². The van der Waals surface area contributed by atoms with Gasteiger partial charge in [0.05, 0.1) is 0 Å². The van der Waals surface area contributed by atoms with E-state index in [1.54, 1.807) is 0 Å². The molecule has 0 aromatic rings. The van der Waals surface area contributed by atoms with Crippen LogP contribution in [0.4, 0.5) is 0 Å². The third-order valence-corrected chi connectivity index (χ3v) is 5.22. The first-order valence-corrected chi connectivity index (χ1v) is 12.0. The summed E-state index contributed by atoms with van der Waals surface area (Å²) in [4.78, 5) is 0. The minimum Gasteiger partial charge on any atom is -0.330 e. The van der Waals surface area contributed by atoms with E-state index in [-0.39, 0.29) is 0 Å². The third-order valence-electron chi connectivity index (χ3n) is 5.22. The van der Waals surface area contributed by atoms with Crippen molar-refractivity contribution in [2.24, 2.45) is 5.73 Å². The van der Waals surface area contributed by atoms with E-state index < -0.39 is 0 Å². The Labute approximate surface area is 165 Å². The van der Waals surface area contributed by atoms with Gasteiger partial charge in [0.15, 0.2) is 0 Å². The quantitative estimate of drug-likeness (QED) is 0.200. The van der Waals surface area contributed by atoms with Crippen LogP contribution in [0.15, 0.2) is 0 Å². The Hall–Kier alpha value is -0.120. The van der Waals surface area contributed by atoms with Crippen LogP contribution in [-0.4, -0.2) is 32.7 Å². The van der Waals surface area contributed by atoms with Crippen LogP contribution in [0.5, 0.6) is 0 Å².